The summed E-state index contributed by atoms with van der Waals surface area (Å²) in [4.78, 5) is 70.6. The molecule has 6 amide bonds. The van der Waals surface area contributed by atoms with Crippen LogP contribution in [0.15, 0.2) is 82.2 Å². The molecule has 1 fully saturated rings. The normalized spacial score (nSPS) is 15.0. The number of benzene rings is 3. The van der Waals surface area contributed by atoms with Crippen molar-refractivity contribution < 1.29 is 37.5 Å². The second-order valence-corrected chi connectivity index (χ2v) is 18.8. The highest BCUT2D eigenvalue weighted by atomic mass is 32.2. The van der Waals surface area contributed by atoms with E-state index in [-0.39, 0.29) is 68.2 Å². The van der Waals surface area contributed by atoms with Gasteiger partial charge in [-0.25, -0.2) is 23.0 Å². The molecule has 0 aliphatic carbocycles. The van der Waals surface area contributed by atoms with Gasteiger partial charge in [-0.05, 0) is 84.7 Å². The van der Waals surface area contributed by atoms with Gasteiger partial charge in [0.1, 0.15) is 11.9 Å². The van der Waals surface area contributed by atoms with Gasteiger partial charge in [-0.3, -0.25) is 14.4 Å². The molecule has 2 heterocycles. The van der Waals surface area contributed by atoms with Crippen LogP contribution in [0.2, 0.25) is 0 Å². The van der Waals surface area contributed by atoms with Gasteiger partial charge in [-0.1, -0.05) is 64.1 Å². The Kier molecular flexibility index (Phi) is 17.2. The average Bonchev–Trinajstić information content (AvgIpc) is 3.42. The molecule has 1 saturated heterocycles. The Balaban J connectivity index is 1.19. The highest BCUT2D eigenvalue weighted by molar-refractivity contribution is 7.89. The Morgan fingerprint density at radius 1 is 0.923 bits per heavy atom. The van der Waals surface area contributed by atoms with Gasteiger partial charge in [-0.15, -0.1) is 0 Å². The molecule has 5 rings (SSSR count). The highest BCUT2D eigenvalue weighted by Crippen LogP contribution is 2.34. The fraction of sp³-hybridized carbons (Fsp3) is 0.435. The molecule has 2 atom stereocenters. The number of hydrogen-bond donors (Lipinski definition) is 7. The van der Waals surface area contributed by atoms with E-state index < -0.39 is 46.0 Å². The number of carbonyl (C=O) groups is 5. The smallest absolute Gasteiger partial charge is 0.407 e. The molecule has 0 bridgehead atoms. The first-order valence-corrected chi connectivity index (χ1v) is 23.4. The second-order valence-electron chi connectivity index (χ2n) is 16.8. The standard InChI is InChI=1S/C46H62N10O8S/c1-5-19-54(20-6-2)44(59)35-21-34-15-14-33(23-39(34)52-40(47)24-35)32-9-7-10-37(22-32)65(63,64)56-27-31(28-56)26-55(46(61)62)25-30-12-16-36(17-13-30)51-42(57)38(11-8-18-50-45(49)60)53-43(58)41(48)29(3)4/h7,9-10,12-17,21-23,29,31,38,41H,5-6,8,11,18-20,24-28,48H2,1-4H3,(H2,47,52)(H,51,57)(H,53,58)(H,61,62)(H3,49,50,60)/t38-,41-/m0/s1. The first kappa shape index (κ1) is 49.7. The third kappa shape index (κ3) is 13.4. The minimum Gasteiger partial charge on any atom is -0.465 e. The number of sulfonamides is 1. The lowest BCUT2D eigenvalue weighted by Crippen LogP contribution is -2.54. The Bertz CT molecular complexity index is 2380. The zero-order valence-corrected chi connectivity index (χ0v) is 38.3. The lowest BCUT2D eigenvalue weighted by atomic mass is 10.0. The van der Waals surface area contributed by atoms with Crippen LogP contribution < -0.4 is 33.2 Å². The molecule has 10 N–H and O–H groups in total. The quantitative estimate of drug-likeness (QED) is 0.0739. The third-order valence-corrected chi connectivity index (χ3v) is 13.1. The van der Waals surface area contributed by atoms with Gasteiger partial charge in [-0.2, -0.15) is 4.31 Å². The summed E-state index contributed by atoms with van der Waals surface area (Å²) in [6.45, 7) is 9.53. The summed E-state index contributed by atoms with van der Waals surface area (Å²) in [6.07, 6.45) is 3.12. The van der Waals surface area contributed by atoms with Crippen LogP contribution in [0.1, 0.15) is 70.9 Å². The maximum Gasteiger partial charge on any atom is 0.407 e. The SMILES string of the molecule is CCCN(CCC)C(=O)C1=Cc2ccc(-c3cccc(S(=O)(=O)N4CC(CN(Cc5ccc(NC(=O)[C@H](CCCNC(N)=O)NC(=O)[C@@H](N)C(C)C)cc5)C(=O)O)C4)c3)cc2N=C(N)C1. The van der Waals surface area contributed by atoms with Gasteiger partial charge in [0.05, 0.1) is 16.6 Å². The van der Waals surface area contributed by atoms with Gasteiger partial charge in [0, 0.05) is 75.0 Å². The molecule has 18 nitrogen and oxygen atoms in total. The van der Waals surface area contributed by atoms with Crippen molar-refractivity contribution in [3.8, 4) is 11.1 Å². The molecule has 3 aromatic carbocycles. The predicted octanol–water partition coefficient (Wildman–Crippen LogP) is 4.43. The van der Waals surface area contributed by atoms with Crippen molar-refractivity contribution in [2.45, 2.75) is 83.3 Å². The van der Waals surface area contributed by atoms with Crippen molar-refractivity contribution in [3.05, 3.63) is 83.4 Å². The Labute approximate surface area is 380 Å². The second kappa shape index (κ2) is 22.5. The van der Waals surface area contributed by atoms with E-state index in [1.165, 1.54) is 15.3 Å². The average molecular weight is 915 g/mol. The number of fused-ring (bicyclic) bond motifs is 1. The van der Waals surface area contributed by atoms with Crippen LogP contribution in [0.4, 0.5) is 21.0 Å². The van der Waals surface area contributed by atoms with E-state index in [1.807, 2.05) is 49.1 Å². The summed E-state index contributed by atoms with van der Waals surface area (Å²) in [5, 5.41) is 18.0. The molecule has 0 aromatic heterocycles. The Morgan fingerprint density at radius 3 is 2.23 bits per heavy atom. The first-order valence-electron chi connectivity index (χ1n) is 21.9. The zero-order valence-electron chi connectivity index (χ0n) is 37.5. The Morgan fingerprint density at radius 2 is 1.60 bits per heavy atom. The molecule has 65 heavy (non-hydrogen) atoms. The highest BCUT2D eigenvalue weighted by Gasteiger charge is 2.38. The number of urea groups is 1. The summed E-state index contributed by atoms with van der Waals surface area (Å²) >= 11 is 0. The predicted molar refractivity (Wildman–Crippen MR) is 250 cm³/mol. The molecule has 350 valence electrons. The number of primary amides is 1. The van der Waals surface area contributed by atoms with Gasteiger partial charge >= 0.3 is 12.1 Å². The maximum atomic E-state index is 13.8. The number of nitrogens with two attached hydrogens (primary N) is 3. The lowest BCUT2D eigenvalue weighted by Gasteiger charge is -2.40. The number of nitrogens with zero attached hydrogens (tertiary/aromatic N) is 4. The van der Waals surface area contributed by atoms with Crippen molar-refractivity contribution >= 4 is 63.2 Å². The van der Waals surface area contributed by atoms with Gasteiger partial charge in [0.25, 0.3) is 0 Å². The number of rotatable bonds is 21. The maximum absolute atomic E-state index is 13.8. The van der Waals surface area contributed by atoms with E-state index in [4.69, 9.17) is 17.2 Å². The van der Waals surface area contributed by atoms with Crippen LogP contribution in [0.25, 0.3) is 17.2 Å². The summed E-state index contributed by atoms with van der Waals surface area (Å²) in [5.74, 6) is -1.15. The monoisotopic (exact) mass is 914 g/mol. The zero-order chi connectivity index (χ0) is 47.4. The fourth-order valence-corrected chi connectivity index (χ4v) is 9.25. The van der Waals surface area contributed by atoms with Gasteiger partial charge < -0.3 is 48.1 Å². The van der Waals surface area contributed by atoms with E-state index in [0.29, 0.717) is 53.4 Å². The fourth-order valence-electron chi connectivity index (χ4n) is 7.61. The molecule has 0 spiro atoms. The van der Waals surface area contributed by atoms with E-state index in [9.17, 15) is 37.5 Å². The lowest BCUT2D eigenvalue weighted by molar-refractivity contribution is -0.128. The van der Waals surface area contributed by atoms with Crippen molar-refractivity contribution in [1.29, 1.82) is 0 Å². The molecule has 0 unspecified atom stereocenters. The number of carbonyl (C=O) groups excluding carboxylic acids is 4. The summed E-state index contributed by atoms with van der Waals surface area (Å²) in [7, 11) is -3.91. The first-order chi connectivity index (χ1) is 30.9. The van der Waals surface area contributed by atoms with Crippen LogP contribution in [-0.4, -0.2) is 115 Å². The number of carboxylic acid groups (broad SMARTS) is 1. The van der Waals surface area contributed by atoms with Gasteiger partial charge in [0.2, 0.25) is 27.7 Å². The number of hydrogen-bond acceptors (Lipinski definition) is 10. The largest absolute Gasteiger partial charge is 0.465 e. The molecule has 19 heteroatoms. The van der Waals surface area contributed by atoms with Crippen molar-refractivity contribution in [3.63, 3.8) is 0 Å². The number of amides is 6. The Hall–Kier alpha value is -6.31. The summed E-state index contributed by atoms with van der Waals surface area (Å²) in [5.41, 5.74) is 21.7. The van der Waals surface area contributed by atoms with E-state index in [2.05, 4.69) is 20.9 Å². The topological polar surface area (TPSA) is 276 Å². The third-order valence-electron chi connectivity index (χ3n) is 11.2. The van der Waals surface area contributed by atoms with Crippen LogP contribution in [0, 0.1) is 11.8 Å². The molecule has 0 radical (unpaired) electrons. The minimum atomic E-state index is -3.91. The number of anilines is 1. The molecule has 3 aromatic rings. The van der Waals surface area contributed by atoms with Crippen molar-refractivity contribution in [2.24, 2.45) is 34.0 Å². The van der Waals surface area contributed by atoms with E-state index in [1.54, 1.807) is 50.2 Å². The number of aliphatic imine (C=N–C) groups is 1. The number of amidine groups is 1. The van der Waals surface area contributed by atoms with E-state index >= 15 is 0 Å². The van der Waals surface area contributed by atoms with Crippen molar-refractivity contribution in [2.75, 3.05) is 44.6 Å². The summed E-state index contributed by atoms with van der Waals surface area (Å²) in [6, 6.07) is 16.3. The molecule has 0 saturated carbocycles. The van der Waals surface area contributed by atoms with E-state index in [0.717, 1.165) is 24.0 Å². The molecular formula is C46H62N10O8S. The minimum absolute atomic E-state index is 0.0214. The molecule has 2 aliphatic heterocycles. The number of nitrogens with one attached hydrogen (secondary N) is 3. The van der Waals surface area contributed by atoms with Gasteiger partial charge in [0.15, 0.2) is 0 Å². The molecular weight excluding hydrogens is 853 g/mol. The van der Waals surface area contributed by atoms with Crippen LogP contribution >= 0.6 is 0 Å². The van der Waals surface area contributed by atoms with Crippen LogP contribution in [0.3, 0.4) is 0 Å². The molecule has 2 aliphatic rings. The van der Waals surface area contributed by atoms with Crippen LogP contribution in [0.5, 0.6) is 0 Å². The summed E-state index contributed by atoms with van der Waals surface area (Å²) < 4.78 is 29.0. The van der Waals surface area contributed by atoms with Crippen LogP contribution in [-0.2, 0) is 31.0 Å². The van der Waals surface area contributed by atoms with Crippen molar-refractivity contribution in [1.82, 2.24) is 24.7 Å².